The Hall–Kier alpha value is -1.56. The Balaban J connectivity index is 2.59. The monoisotopic (exact) mass is 370 g/mol. The molecule has 6 heteroatoms. The lowest BCUT2D eigenvalue weighted by molar-refractivity contribution is -0.137. The van der Waals surface area contributed by atoms with Crippen molar-refractivity contribution in [3.05, 3.63) is 39.7 Å². The molecule has 0 N–H and O–H groups in total. The van der Waals surface area contributed by atoms with E-state index in [1.165, 1.54) is 6.07 Å². The van der Waals surface area contributed by atoms with Crippen LogP contribution in [0.25, 0.3) is 11.0 Å². The predicted octanol–water partition coefficient (Wildman–Crippen LogP) is 5.48. The Bertz CT molecular complexity index is 801. The van der Waals surface area contributed by atoms with Gasteiger partial charge in [-0.15, -0.1) is 0 Å². The third kappa shape index (κ3) is 4.54. The molecular formula is C19H25F3O2Si. The van der Waals surface area contributed by atoms with Crippen molar-refractivity contribution in [2.75, 3.05) is 0 Å². The van der Waals surface area contributed by atoms with Crippen LogP contribution < -0.4 is 10.6 Å². The summed E-state index contributed by atoms with van der Waals surface area (Å²) in [6.07, 6.45) is 0.229. The average Bonchev–Trinajstić information content (AvgIpc) is 2.49. The molecule has 0 bridgehead atoms. The summed E-state index contributed by atoms with van der Waals surface area (Å²) in [7, 11) is -1.99. The summed E-state index contributed by atoms with van der Waals surface area (Å²) < 4.78 is 44.7. The van der Waals surface area contributed by atoms with Crippen LogP contribution in [-0.4, -0.2) is 8.07 Å². The highest BCUT2D eigenvalue weighted by atomic mass is 28.3. The zero-order valence-corrected chi connectivity index (χ0v) is 16.2. The minimum absolute atomic E-state index is 0.0346. The summed E-state index contributed by atoms with van der Waals surface area (Å²) in [5.74, 6) is 0.576. The van der Waals surface area contributed by atoms with Crippen LogP contribution in [0.4, 0.5) is 13.2 Å². The van der Waals surface area contributed by atoms with Gasteiger partial charge in [0, 0.05) is 11.6 Å². The van der Waals surface area contributed by atoms with Crippen molar-refractivity contribution < 1.29 is 17.6 Å². The van der Waals surface area contributed by atoms with Gasteiger partial charge in [0.25, 0.3) is 0 Å². The molecule has 0 aliphatic heterocycles. The van der Waals surface area contributed by atoms with Crippen molar-refractivity contribution in [3.8, 4) is 0 Å². The summed E-state index contributed by atoms with van der Waals surface area (Å²) in [6, 6.07) is 3.14. The first kappa shape index (κ1) is 19.8. The zero-order valence-electron chi connectivity index (χ0n) is 15.2. The first-order valence-corrected chi connectivity index (χ1v) is 12.2. The quantitative estimate of drug-likeness (QED) is 0.498. The molecule has 0 fully saturated rings. The van der Waals surface area contributed by atoms with E-state index in [1.807, 2.05) is 0 Å². The molecule has 0 radical (unpaired) electrons. The van der Waals surface area contributed by atoms with Crippen LogP contribution in [0.3, 0.4) is 0 Å². The average molecular weight is 370 g/mol. The van der Waals surface area contributed by atoms with E-state index in [0.717, 1.165) is 37.8 Å². The molecular weight excluding hydrogens is 345 g/mol. The Morgan fingerprint density at radius 1 is 1.08 bits per heavy atom. The van der Waals surface area contributed by atoms with Gasteiger partial charge in [0.1, 0.15) is 11.3 Å². The van der Waals surface area contributed by atoms with E-state index >= 15 is 0 Å². The highest BCUT2D eigenvalue weighted by Gasteiger charge is 2.32. The van der Waals surface area contributed by atoms with Crippen LogP contribution in [-0.2, 0) is 12.6 Å². The van der Waals surface area contributed by atoms with Crippen molar-refractivity contribution in [3.63, 3.8) is 0 Å². The minimum Gasteiger partial charge on any atom is -0.461 e. The number of unbranched alkanes of at least 4 members (excludes halogenated alkanes) is 3. The molecule has 2 aromatic rings. The fourth-order valence-corrected chi connectivity index (χ4v) is 4.89. The van der Waals surface area contributed by atoms with Crippen molar-refractivity contribution in [1.29, 1.82) is 0 Å². The van der Waals surface area contributed by atoms with Crippen LogP contribution in [0, 0.1) is 0 Å². The van der Waals surface area contributed by atoms with Gasteiger partial charge < -0.3 is 4.42 Å². The Kier molecular flexibility index (Phi) is 5.81. The number of benzene rings is 1. The summed E-state index contributed by atoms with van der Waals surface area (Å²) >= 11 is 0. The van der Waals surface area contributed by atoms with Gasteiger partial charge in [-0.3, -0.25) is 4.79 Å². The van der Waals surface area contributed by atoms with E-state index in [9.17, 15) is 18.0 Å². The lowest BCUT2D eigenvalue weighted by Crippen LogP contribution is -2.49. The van der Waals surface area contributed by atoms with Crippen molar-refractivity contribution in [2.45, 2.75) is 64.8 Å². The van der Waals surface area contributed by atoms with Crippen molar-refractivity contribution in [2.24, 2.45) is 0 Å². The third-order valence-corrected chi connectivity index (χ3v) is 6.31. The number of hydrogen-bond acceptors (Lipinski definition) is 2. The molecule has 1 aromatic heterocycles. The highest BCUT2D eigenvalue weighted by molar-refractivity contribution is 6.89. The molecule has 0 aliphatic rings. The zero-order chi connectivity index (χ0) is 18.8. The van der Waals surface area contributed by atoms with E-state index in [0.29, 0.717) is 17.4 Å². The molecule has 138 valence electrons. The molecule has 1 heterocycles. The molecule has 0 atom stereocenters. The number of halogens is 3. The topological polar surface area (TPSA) is 30.2 Å². The maximum absolute atomic E-state index is 13.0. The van der Waals surface area contributed by atoms with Crippen molar-refractivity contribution in [1.82, 2.24) is 0 Å². The predicted molar refractivity (Wildman–Crippen MR) is 98.3 cm³/mol. The maximum atomic E-state index is 13.0. The second-order valence-electron chi connectivity index (χ2n) is 7.50. The number of hydrogen-bond donors (Lipinski definition) is 0. The van der Waals surface area contributed by atoms with E-state index in [2.05, 4.69) is 26.6 Å². The van der Waals surface area contributed by atoms with Crippen LogP contribution >= 0.6 is 0 Å². The summed E-state index contributed by atoms with van der Waals surface area (Å²) in [5, 5.41) is 0.944. The van der Waals surface area contributed by atoms with Gasteiger partial charge in [0.05, 0.1) is 19.0 Å². The van der Waals surface area contributed by atoms with Crippen LogP contribution in [0.5, 0.6) is 0 Å². The summed E-state index contributed by atoms with van der Waals surface area (Å²) in [5.41, 5.74) is -0.923. The molecule has 0 saturated heterocycles. The van der Waals surface area contributed by atoms with Crippen molar-refractivity contribution >= 4 is 24.2 Å². The first-order valence-electron chi connectivity index (χ1n) is 8.73. The smallest absolute Gasteiger partial charge is 0.416 e. The van der Waals surface area contributed by atoms with Crippen LogP contribution in [0.15, 0.2) is 27.4 Å². The minimum atomic E-state index is -4.45. The van der Waals surface area contributed by atoms with Gasteiger partial charge in [0.2, 0.25) is 0 Å². The third-order valence-electron chi connectivity index (χ3n) is 4.30. The molecule has 25 heavy (non-hydrogen) atoms. The molecule has 2 nitrogen and oxygen atoms in total. The van der Waals surface area contributed by atoms with Gasteiger partial charge in [-0.1, -0.05) is 45.8 Å². The van der Waals surface area contributed by atoms with Crippen LogP contribution in [0.2, 0.25) is 19.6 Å². The molecule has 0 saturated carbocycles. The van der Waals surface area contributed by atoms with E-state index < -0.39 is 19.8 Å². The number of fused-ring (bicyclic) bond motifs is 1. The molecule has 0 amide bonds. The highest BCUT2D eigenvalue weighted by Crippen LogP contribution is 2.31. The second-order valence-corrected chi connectivity index (χ2v) is 12.5. The summed E-state index contributed by atoms with van der Waals surface area (Å²) in [6.45, 7) is 8.29. The SMILES string of the molecule is CCCCCCc1oc2cc(C(F)(F)F)ccc2c(=O)c1[Si](C)(C)C. The Morgan fingerprint density at radius 2 is 1.76 bits per heavy atom. The second kappa shape index (κ2) is 7.36. The fourth-order valence-electron chi connectivity index (χ4n) is 3.06. The largest absolute Gasteiger partial charge is 0.461 e. The van der Waals surface area contributed by atoms with Gasteiger partial charge in [0.15, 0.2) is 5.43 Å². The normalized spacial score (nSPS) is 12.8. The fraction of sp³-hybridized carbons (Fsp3) is 0.526. The maximum Gasteiger partial charge on any atom is 0.416 e. The van der Waals surface area contributed by atoms with Gasteiger partial charge in [-0.2, -0.15) is 13.2 Å². The molecule has 0 spiro atoms. The standard InChI is InChI=1S/C19H25F3O2Si/c1-5-6-7-8-9-15-18(25(2,3)4)17(23)14-11-10-13(19(20,21)22)12-16(14)24-15/h10-12H,5-9H2,1-4H3. The Morgan fingerprint density at radius 3 is 2.32 bits per heavy atom. The van der Waals surface area contributed by atoms with Gasteiger partial charge in [-0.25, -0.2) is 0 Å². The summed E-state index contributed by atoms with van der Waals surface area (Å²) in [4.78, 5) is 12.9. The lowest BCUT2D eigenvalue weighted by Gasteiger charge is -2.20. The Labute approximate surface area is 147 Å². The van der Waals surface area contributed by atoms with Gasteiger partial charge >= 0.3 is 6.18 Å². The molecule has 0 unspecified atom stereocenters. The lowest BCUT2D eigenvalue weighted by atomic mass is 10.1. The first-order chi connectivity index (χ1) is 11.6. The van der Waals surface area contributed by atoms with E-state index in [1.54, 1.807) is 0 Å². The number of alkyl halides is 3. The number of rotatable bonds is 6. The van der Waals surface area contributed by atoms with E-state index in [-0.39, 0.29) is 16.4 Å². The van der Waals surface area contributed by atoms with Gasteiger partial charge in [-0.05, 0) is 24.6 Å². The van der Waals surface area contributed by atoms with E-state index in [4.69, 9.17) is 4.42 Å². The molecule has 0 aliphatic carbocycles. The van der Waals surface area contributed by atoms with Crippen LogP contribution in [0.1, 0.15) is 43.9 Å². The molecule has 1 aromatic carbocycles. The number of aryl methyl sites for hydroxylation is 1. The molecule has 2 rings (SSSR count).